The number of rotatable bonds is 8. The Labute approximate surface area is 144 Å². The molecule has 0 amide bonds. The van der Waals surface area contributed by atoms with Crippen LogP contribution in [0, 0.1) is 11.8 Å². The third-order valence-corrected chi connectivity index (χ3v) is 8.75. The lowest BCUT2D eigenvalue weighted by molar-refractivity contribution is 0.167. The highest BCUT2D eigenvalue weighted by atomic mass is 32.2. The molecule has 0 bridgehead atoms. The highest BCUT2D eigenvalue weighted by Gasteiger charge is 2.30. The molecule has 1 rings (SSSR count). The van der Waals surface area contributed by atoms with Gasteiger partial charge in [-0.15, -0.1) is 0 Å². The lowest BCUT2D eigenvalue weighted by Crippen LogP contribution is -2.40. The van der Waals surface area contributed by atoms with E-state index in [1.807, 2.05) is 6.92 Å². The fourth-order valence-corrected chi connectivity index (χ4v) is 6.26. The van der Waals surface area contributed by atoms with Crippen molar-refractivity contribution >= 4 is 19.2 Å². The van der Waals surface area contributed by atoms with E-state index in [2.05, 4.69) is 27.7 Å². The van der Waals surface area contributed by atoms with Gasteiger partial charge in [0.15, 0.2) is 0 Å². The van der Waals surface area contributed by atoms with E-state index >= 15 is 0 Å². The molecule has 0 aliphatic heterocycles. The van der Waals surface area contributed by atoms with Crippen molar-refractivity contribution in [2.75, 3.05) is 19.7 Å². The van der Waals surface area contributed by atoms with Gasteiger partial charge in [-0.1, -0.05) is 34.6 Å². The summed E-state index contributed by atoms with van der Waals surface area (Å²) < 4.78 is 30.6. The Balaban J connectivity index is 2.38. The van der Waals surface area contributed by atoms with Gasteiger partial charge in [-0.25, -0.2) is 5.14 Å². The van der Waals surface area contributed by atoms with Crippen LogP contribution in [0.15, 0.2) is 0 Å². The Kier molecular flexibility index (Phi) is 8.20. The summed E-state index contributed by atoms with van der Waals surface area (Å²) in [6.07, 6.45) is 4.42. The van der Waals surface area contributed by atoms with Crippen LogP contribution in [0.4, 0.5) is 0 Å². The van der Waals surface area contributed by atoms with E-state index in [9.17, 15) is 8.42 Å². The number of nitrogens with two attached hydrogens (primary N) is 1. The molecule has 2 N–H and O–H groups in total. The van der Waals surface area contributed by atoms with E-state index in [0.717, 1.165) is 38.3 Å². The number of hydrogen-bond donors (Lipinski definition) is 1. The normalized spacial score (nSPS) is 23.7. The average Bonchev–Trinajstić information content (AvgIpc) is 2.44. The topological polar surface area (TPSA) is 72.6 Å². The second-order valence-electron chi connectivity index (χ2n) is 7.72. The third kappa shape index (κ3) is 7.21. The van der Waals surface area contributed by atoms with E-state index < -0.39 is 19.2 Å². The monoisotopic (exact) mass is 363 g/mol. The Hall–Kier alpha value is 0.0469. The van der Waals surface area contributed by atoms with Crippen LogP contribution in [0.3, 0.4) is 0 Å². The largest absolute Gasteiger partial charge is 0.416 e. The molecular weight excluding hydrogens is 328 g/mol. The molecule has 1 aliphatic rings. The minimum Gasteiger partial charge on any atom is -0.416 e. The summed E-state index contributed by atoms with van der Waals surface area (Å²) in [6, 6.07) is 1.14. The molecule has 23 heavy (non-hydrogen) atoms. The van der Waals surface area contributed by atoms with Gasteiger partial charge in [-0.05, 0) is 48.6 Å². The molecule has 1 radical (unpaired) electrons. The van der Waals surface area contributed by atoms with Crippen molar-refractivity contribution in [2.45, 2.75) is 71.4 Å². The van der Waals surface area contributed by atoms with Gasteiger partial charge in [0, 0.05) is 19.7 Å². The second kappa shape index (κ2) is 8.94. The van der Waals surface area contributed by atoms with Gasteiger partial charge in [-0.2, -0.15) is 12.7 Å². The van der Waals surface area contributed by atoms with Crippen LogP contribution < -0.4 is 5.14 Å². The molecule has 5 nitrogen and oxygen atoms in total. The minimum atomic E-state index is -3.56. The van der Waals surface area contributed by atoms with Crippen LogP contribution in [0.25, 0.3) is 0 Å². The Bertz CT molecular complexity index is 443. The first-order chi connectivity index (χ1) is 10.6. The van der Waals surface area contributed by atoms with Crippen LogP contribution in [-0.4, -0.2) is 41.5 Å². The van der Waals surface area contributed by atoms with E-state index in [1.165, 1.54) is 4.31 Å². The zero-order chi connectivity index (χ0) is 17.7. The summed E-state index contributed by atoms with van der Waals surface area (Å²) in [5, 5.41) is 5.54. The molecular formula is C16H35N2O3SSi. The first-order valence-electron chi connectivity index (χ1n) is 8.84. The van der Waals surface area contributed by atoms with Crippen LogP contribution in [0.5, 0.6) is 0 Å². The maximum Gasteiger partial charge on any atom is 0.276 e. The van der Waals surface area contributed by atoms with Crippen LogP contribution in [0.2, 0.25) is 11.1 Å². The standard InChI is InChI=1S/C16H35N2O3SSi/c1-6-18(22(17,19)20)12-14-8-10-15(11-9-14)13-21-23(7-2)16(3,4)5/h14-15H,6-13H2,1-5H3,(H2,17,19,20). The second-order valence-corrected chi connectivity index (χ2v) is 12.6. The van der Waals surface area contributed by atoms with Crippen LogP contribution in [0.1, 0.15) is 60.3 Å². The first kappa shape index (κ1) is 21.1. The smallest absolute Gasteiger partial charge is 0.276 e. The van der Waals surface area contributed by atoms with Gasteiger partial charge in [-0.3, -0.25) is 0 Å². The molecule has 0 aromatic heterocycles. The predicted octanol–water partition coefficient (Wildman–Crippen LogP) is 3.15. The number of nitrogens with zero attached hydrogens (tertiary/aromatic N) is 1. The Morgan fingerprint density at radius 1 is 1.13 bits per heavy atom. The molecule has 0 heterocycles. The summed E-state index contributed by atoms with van der Waals surface area (Å²) in [7, 11) is -4.31. The summed E-state index contributed by atoms with van der Waals surface area (Å²) >= 11 is 0. The van der Waals surface area contributed by atoms with E-state index in [-0.39, 0.29) is 5.04 Å². The third-order valence-electron chi connectivity index (χ3n) is 4.79. The molecule has 0 spiro atoms. The SMILES string of the molecule is CCN(CC1CCC(CO[Si](CC)C(C)(C)C)CC1)S(N)(=O)=O. The van der Waals surface area contributed by atoms with Crippen LogP contribution in [-0.2, 0) is 14.6 Å². The predicted molar refractivity (Wildman–Crippen MR) is 97.7 cm³/mol. The van der Waals surface area contributed by atoms with Gasteiger partial charge in [0.1, 0.15) is 0 Å². The number of hydrogen-bond acceptors (Lipinski definition) is 3. The van der Waals surface area contributed by atoms with Crippen molar-refractivity contribution < 1.29 is 12.8 Å². The van der Waals surface area contributed by atoms with Crippen molar-refractivity contribution in [3.63, 3.8) is 0 Å². The molecule has 1 fully saturated rings. The Morgan fingerprint density at radius 2 is 1.65 bits per heavy atom. The van der Waals surface area contributed by atoms with Crippen molar-refractivity contribution in [2.24, 2.45) is 17.0 Å². The van der Waals surface area contributed by atoms with Gasteiger partial charge < -0.3 is 4.43 Å². The maximum atomic E-state index is 11.5. The molecule has 1 aliphatic carbocycles. The molecule has 0 aromatic rings. The van der Waals surface area contributed by atoms with E-state index in [4.69, 9.17) is 9.56 Å². The zero-order valence-corrected chi connectivity index (χ0v) is 17.3. The summed E-state index contributed by atoms with van der Waals surface area (Å²) in [6.45, 7) is 12.8. The molecule has 0 unspecified atom stereocenters. The van der Waals surface area contributed by atoms with Crippen molar-refractivity contribution in [3.05, 3.63) is 0 Å². The van der Waals surface area contributed by atoms with Gasteiger partial charge in [0.05, 0.1) is 0 Å². The first-order valence-corrected chi connectivity index (χ1v) is 12.0. The lowest BCUT2D eigenvalue weighted by atomic mass is 9.82. The fraction of sp³-hybridized carbons (Fsp3) is 1.00. The van der Waals surface area contributed by atoms with E-state index in [1.54, 1.807) is 0 Å². The zero-order valence-electron chi connectivity index (χ0n) is 15.5. The maximum absolute atomic E-state index is 11.5. The molecule has 137 valence electrons. The van der Waals surface area contributed by atoms with Gasteiger partial charge >= 0.3 is 0 Å². The van der Waals surface area contributed by atoms with Crippen molar-refractivity contribution in [3.8, 4) is 0 Å². The van der Waals surface area contributed by atoms with Crippen molar-refractivity contribution in [1.29, 1.82) is 0 Å². The quantitative estimate of drug-likeness (QED) is 0.673. The molecule has 0 aromatic carbocycles. The van der Waals surface area contributed by atoms with Gasteiger partial charge in [0.25, 0.3) is 10.2 Å². The molecule has 7 heteroatoms. The average molecular weight is 364 g/mol. The van der Waals surface area contributed by atoms with Crippen LogP contribution >= 0.6 is 0 Å². The summed E-state index contributed by atoms with van der Waals surface area (Å²) in [4.78, 5) is 0. The summed E-state index contributed by atoms with van der Waals surface area (Å²) in [5.74, 6) is 1.06. The molecule has 0 atom stereocenters. The molecule has 1 saturated carbocycles. The van der Waals surface area contributed by atoms with Gasteiger partial charge in [0.2, 0.25) is 9.04 Å². The summed E-state index contributed by atoms with van der Waals surface area (Å²) in [5.41, 5.74) is 0. The fourth-order valence-electron chi connectivity index (χ4n) is 3.35. The highest BCUT2D eigenvalue weighted by Crippen LogP contribution is 2.33. The molecule has 0 saturated heterocycles. The Morgan fingerprint density at radius 3 is 2.04 bits per heavy atom. The van der Waals surface area contributed by atoms with Crippen molar-refractivity contribution in [1.82, 2.24) is 4.31 Å². The minimum absolute atomic E-state index is 0.285. The van der Waals surface area contributed by atoms with E-state index in [0.29, 0.717) is 24.9 Å². The lowest BCUT2D eigenvalue weighted by Gasteiger charge is -2.33. The highest BCUT2D eigenvalue weighted by molar-refractivity contribution is 7.86.